The molecule has 168 valence electrons. The number of carbonyl (C=O) groups is 1. The first kappa shape index (κ1) is 22.2. The van der Waals surface area contributed by atoms with Crippen molar-refractivity contribution in [2.24, 2.45) is 0 Å². The molecule has 3 aromatic carbocycles. The molecule has 1 atom stereocenters. The molecule has 33 heavy (non-hydrogen) atoms. The molecule has 1 heterocycles. The molecule has 0 amide bonds. The third-order valence-corrected chi connectivity index (χ3v) is 5.34. The minimum Gasteiger partial charge on any atom is -0.489 e. The van der Waals surface area contributed by atoms with Gasteiger partial charge in [-0.05, 0) is 41.8 Å². The Bertz CT molecular complexity index is 1360. The van der Waals surface area contributed by atoms with E-state index in [9.17, 15) is 18.4 Å². The Kier molecular flexibility index (Phi) is 6.49. The summed E-state index contributed by atoms with van der Waals surface area (Å²) in [6, 6.07) is 18.3. The molecule has 0 radical (unpaired) electrons. The average Bonchev–Trinajstić information content (AvgIpc) is 2.82. The minimum absolute atomic E-state index is 0.00341. The Hall–Kier alpha value is -4.00. The van der Waals surface area contributed by atoms with Crippen molar-refractivity contribution in [2.45, 2.75) is 18.9 Å². The van der Waals surface area contributed by atoms with E-state index in [0.29, 0.717) is 27.8 Å². The number of hydrogen-bond acceptors (Lipinski definition) is 5. The maximum absolute atomic E-state index is 14.3. The number of rotatable bonds is 7. The van der Waals surface area contributed by atoms with Gasteiger partial charge in [0.1, 0.15) is 29.6 Å². The lowest BCUT2D eigenvalue weighted by Gasteiger charge is -2.17. The van der Waals surface area contributed by atoms with Crippen molar-refractivity contribution in [1.29, 1.82) is 0 Å². The molecule has 0 saturated heterocycles. The van der Waals surface area contributed by atoms with E-state index in [1.54, 1.807) is 48.5 Å². The fourth-order valence-corrected chi connectivity index (χ4v) is 3.67. The minimum atomic E-state index is -0.927. The first-order chi connectivity index (χ1) is 16.0. The van der Waals surface area contributed by atoms with E-state index in [2.05, 4.69) is 0 Å². The van der Waals surface area contributed by atoms with E-state index in [1.165, 1.54) is 31.4 Å². The maximum Gasteiger partial charge on any atom is 0.336 e. The first-order valence-corrected chi connectivity index (χ1v) is 10.2. The van der Waals surface area contributed by atoms with Crippen molar-refractivity contribution in [3.8, 4) is 5.75 Å². The van der Waals surface area contributed by atoms with Crippen molar-refractivity contribution in [3.63, 3.8) is 0 Å². The Balaban J connectivity index is 1.70. The van der Waals surface area contributed by atoms with Crippen molar-refractivity contribution in [3.05, 3.63) is 112 Å². The molecule has 1 unspecified atom stereocenters. The number of benzene rings is 3. The van der Waals surface area contributed by atoms with Gasteiger partial charge in [-0.25, -0.2) is 13.6 Å². The van der Waals surface area contributed by atoms with E-state index in [-0.39, 0.29) is 24.4 Å². The van der Waals surface area contributed by atoms with Crippen LogP contribution in [0.15, 0.2) is 82.0 Å². The Labute approximate surface area is 188 Å². The second-order valence-electron chi connectivity index (χ2n) is 7.43. The van der Waals surface area contributed by atoms with Crippen LogP contribution in [0.25, 0.3) is 11.0 Å². The molecule has 0 aliphatic heterocycles. The first-order valence-electron chi connectivity index (χ1n) is 10.2. The number of halogens is 2. The Morgan fingerprint density at radius 1 is 0.939 bits per heavy atom. The molecule has 5 nitrogen and oxygen atoms in total. The maximum atomic E-state index is 14.3. The molecular weight excluding hydrogens is 430 g/mol. The summed E-state index contributed by atoms with van der Waals surface area (Å²) in [6.45, 7) is -0.0137. The van der Waals surface area contributed by atoms with Gasteiger partial charge < -0.3 is 13.9 Å². The van der Waals surface area contributed by atoms with Gasteiger partial charge in [0.2, 0.25) is 0 Å². The zero-order valence-electron chi connectivity index (χ0n) is 17.7. The quantitative estimate of drug-likeness (QED) is 0.288. The van der Waals surface area contributed by atoms with Gasteiger partial charge in [0.25, 0.3) is 0 Å². The van der Waals surface area contributed by atoms with Gasteiger partial charge >= 0.3 is 11.6 Å². The Morgan fingerprint density at radius 2 is 1.61 bits per heavy atom. The Morgan fingerprint density at radius 3 is 2.27 bits per heavy atom. The summed E-state index contributed by atoms with van der Waals surface area (Å²) < 4.78 is 44.0. The summed E-state index contributed by atoms with van der Waals surface area (Å²) in [5, 5.41) is 0.486. The van der Waals surface area contributed by atoms with Gasteiger partial charge in [0, 0.05) is 23.1 Å². The van der Waals surface area contributed by atoms with Crippen LogP contribution in [0.5, 0.6) is 5.75 Å². The molecule has 0 N–H and O–H groups in total. The van der Waals surface area contributed by atoms with Crippen LogP contribution in [0.4, 0.5) is 8.78 Å². The molecule has 0 spiro atoms. The summed E-state index contributed by atoms with van der Waals surface area (Å²) in [4.78, 5) is 24.9. The van der Waals surface area contributed by atoms with Gasteiger partial charge in [-0.2, -0.15) is 0 Å². The van der Waals surface area contributed by atoms with Gasteiger partial charge in [-0.1, -0.05) is 36.4 Å². The molecule has 0 saturated carbocycles. The monoisotopic (exact) mass is 450 g/mol. The standard InChI is InChI=1S/C26H20F2O5/c1-31-26(30)21(12-16-6-2-4-8-22(16)27)20-14-25(29)33-24-13-18(10-11-19(20)24)32-15-17-7-3-5-9-23(17)28/h2-11,13-14,21H,12,15H2,1H3. The summed E-state index contributed by atoms with van der Waals surface area (Å²) in [5.41, 5.74) is 0.566. The molecule has 0 bridgehead atoms. The number of fused-ring (bicyclic) bond motifs is 1. The zero-order valence-corrected chi connectivity index (χ0v) is 17.7. The molecule has 4 aromatic rings. The average molecular weight is 450 g/mol. The highest BCUT2D eigenvalue weighted by molar-refractivity contribution is 5.89. The van der Waals surface area contributed by atoms with Crippen LogP contribution in [0.1, 0.15) is 22.6 Å². The van der Waals surface area contributed by atoms with Crippen LogP contribution in [0.3, 0.4) is 0 Å². The van der Waals surface area contributed by atoms with Crippen molar-refractivity contribution >= 4 is 16.9 Å². The smallest absolute Gasteiger partial charge is 0.336 e. The third kappa shape index (κ3) is 4.92. The predicted octanol–water partition coefficient (Wildman–Crippen LogP) is 5.15. The fourth-order valence-electron chi connectivity index (χ4n) is 3.67. The van der Waals surface area contributed by atoms with E-state index in [0.717, 1.165) is 0 Å². The van der Waals surface area contributed by atoms with Crippen LogP contribution in [-0.2, 0) is 22.6 Å². The number of carbonyl (C=O) groups excluding carboxylic acids is 1. The number of hydrogen-bond donors (Lipinski definition) is 0. The molecule has 0 aliphatic rings. The SMILES string of the molecule is COC(=O)C(Cc1ccccc1F)c1cc(=O)oc2cc(OCc3ccccc3F)ccc12. The summed E-state index contributed by atoms with van der Waals surface area (Å²) in [6.07, 6.45) is 0.00341. The number of methoxy groups -OCH3 is 1. The van der Waals surface area contributed by atoms with Crippen LogP contribution >= 0.6 is 0 Å². The molecule has 0 fully saturated rings. The molecule has 7 heteroatoms. The lowest BCUT2D eigenvalue weighted by atomic mass is 9.90. The van der Waals surface area contributed by atoms with Crippen molar-refractivity contribution < 1.29 is 27.5 Å². The zero-order chi connectivity index (χ0) is 23.4. The molecule has 1 aromatic heterocycles. The summed E-state index contributed by atoms with van der Waals surface area (Å²) in [5.74, 6) is -2.02. The largest absolute Gasteiger partial charge is 0.489 e. The van der Waals surface area contributed by atoms with Crippen LogP contribution in [-0.4, -0.2) is 13.1 Å². The number of esters is 1. The van der Waals surface area contributed by atoms with E-state index < -0.39 is 23.3 Å². The van der Waals surface area contributed by atoms with Crippen LogP contribution in [0, 0.1) is 11.6 Å². The predicted molar refractivity (Wildman–Crippen MR) is 118 cm³/mol. The van der Waals surface area contributed by atoms with E-state index >= 15 is 0 Å². The normalized spacial score (nSPS) is 11.8. The lowest BCUT2D eigenvalue weighted by Crippen LogP contribution is -2.19. The second-order valence-corrected chi connectivity index (χ2v) is 7.43. The highest BCUT2D eigenvalue weighted by atomic mass is 19.1. The molecule has 4 rings (SSSR count). The third-order valence-electron chi connectivity index (χ3n) is 5.34. The summed E-state index contributed by atoms with van der Waals surface area (Å²) in [7, 11) is 1.24. The second kappa shape index (κ2) is 9.65. The van der Waals surface area contributed by atoms with Crippen molar-refractivity contribution in [2.75, 3.05) is 7.11 Å². The molecular formula is C26H20F2O5. The van der Waals surface area contributed by atoms with Crippen LogP contribution < -0.4 is 10.4 Å². The summed E-state index contributed by atoms with van der Waals surface area (Å²) >= 11 is 0. The number of ether oxygens (including phenoxy) is 2. The highest BCUT2D eigenvalue weighted by Crippen LogP contribution is 2.31. The van der Waals surface area contributed by atoms with Gasteiger partial charge in [0.15, 0.2) is 0 Å². The fraction of sp³-hybridized carbons (Fsp3) is 0.154. The van der Waals surface area contributed by atoms with E-state index in [1.807, 2.05) is 0 Å². The van der Waals surface area contributed by atoms with Gasteiger partial charge in [-0.15, -0.1) is 0 Å². The highest BCUT2D eigenvalue weighted by Gasteiger charge is 2.26. The van der Waals surface area contributed by atoms with Crippen LogP contribution in [0.2, 0.25) is 0 Å². The van der Waals surface area contributed by atoms with Gasteiger partial charge in [0.05, 0.1) is 13.0 Å². The van der Waals surface area contributed by atoms with Gasteiger partial charge in [-0.3, -0.25) is 4.79 Å². The molecule has 0 aliphatic carbocycles. The van der Waals surface area contributed by atoms with E-state index in [4.69, 9.17) is 13.9 Å². The topological polar surface area (TPSA) is 65.7 Å². The van der Waals surface area contributed by atoms with Crippen molar-refractivity contribution in [1.82, 2.24) is 0 Å². The lowest BCUT2D eigenvalue weighted by molar-refractivity contribution is -0.142.